The van der Waals surface area contributed by atoms with Crippen molar-refractivity contribution in [3.63, 3.8) is 0 Å². The summed E-state index contributed by atoms with van der Waals surface area (Å²) in [4.78, 5) is 25.4. The largest absolute Gasteiger partial charge is 0.353 e. The number of aryl methyl sites for hydroxylation is 1. The summed E-state index contributed by atoms with van der Waals surface area (Å²) in [7, 11) is 0. The molecule has 0 atom stereocenters. The molecule has 1 saturated carbocycles. The van der Waals surface area contributed by atoms with Gasteiger partial charge in [-0.15, -0.1) is 0 Å². The number of hydrogen-bond donors (Lipinski definition) is 1. The van der Waals surface area contributed by atoms with Gasteiger partial charge in [-0.25, -0.2) is 13.8 Å². The average Bonchev–Trinajstić information content (AvgIpc) is 2.74. The van der Waals surface area contributed by atoms with Crippen LogP contribution in [0.15, 0.2) is 24.3 Å². The molecule has 1 aromatic carbocycles. The summed E-state index contributed by atoms with van der Waals surface area (Å²) < 4.78 is 27.9. The molecule has 2 aromatic rings. The third-order valence-electron chi connectivity index (χ3n) is 5.85. The molecule has 0 unspecified atom stereocenters. The molecule has 30 heavy (non-hydrogen) atoms. The van der Waals surface area contributed by atoms with Crippen LogP contribution in [0.25, 0.3) is 0 Å². The van der Waals surface area contributed by atoms with E-state index in [1.165, 1.54) is 30.2 Å². The van der Waals surface area contributed by atoms with Crippen LogP contribution < -0.4 is 10.2 Å². The number of piperazine rings is 1. The molecule has 0 spiro atoms. The highest BCUT2D eigenvalue weighted by atomic mass is 19.1. The second-order valence-corrected chi connectivity index (χ2v) is 8.05. The Morgan fingerprint density at radius 3 is 2.37 bits per heavy atom. The van der Waals surface area contributed by atoms with Crippen molar-refractivity contribution in [3.8, 4) is 0 Å². The molecule has 1 N–H and O–H groups in total. The van der Waals surface area contributed by atoms with Crippen molar-refractivity contribution in [3.05, 3.63) is 47.2 Å². The van der Waals surface area contributed by atoms with E-state index in [0.717, 1.165) is 36.5 Å². The predicted octanol–water partition coefficient (Wildman–Crippen LogP) is 3.77. The van der Waals surface area contributed by atoms with E-state index in [0.29, 0.717) is 38.2 Å². The molecule has 1 saturated heterocycles. The number of amides is 1. The van der Waals surface area contributed by atoms with Crippen molar-refractivity contribution < 1.29 is 13.6 Å². The van der Waals surface area contributed by atoms with Gasteiger partial charge < -0.3 is 15.1 Å². The summed E-state index contributed by atoms with van der Waals surface area (Å²) in [5.74, 6) is -0.808. The number of aromatic nitrogens is 2. The standard InChI is InChI=1S/C22H27F2N5O/c1-15-14-19(27-22(25-15)26-16-6-3-2-4-7-16)28-10-12-29(13-11-28)21(30)20-17(23)8-5-9-18(20)24/h5,8-9,14,16H,2-4,6-7,10-13H2,1H3,(H,25,26,27). The highest BCUT2D eigenvalue weighted by molar-refractivity contribution is 5.95. The predicted molar refractivity (Wildman–Crippen MR) is 112 cm³/mol. The number of anilines is 2. The molecule has 0 radical (unpaired) electrons. The second kappa shape index (κ2) is 8.93. The van der Waals surface area contributed by atoms with Crippen LogP contribution in [0.2, 0.25) is 0 Å². The van der Waals surface area contributed by atoms with E-state index >= 15 is 0 Å². The lowest BCUT2D eigenvalue weighted by atomic mass is 9.96. The first kappa shape index (κ1) is 20.5. The zero-order valence-corrected chi connectivity index (χ0v) is 17.2. The number of rotatable bonds is 4. The summed E-state index contributed by atoms with van der Waals surface area (Å²) in [5, 5.41) is 3.47. The number of benzene rings is 1. The van der Waals surface area contributed by atoms with E-state index < -0.39 is 23.1 Å². The maximum Gasteiger partial charge on any atom is 0.259 e. The molecule has 160 valence electrons. The summed E-state index contributed by atoms with van der Waals surface area (Å²) in [6.07, 6.45) is 6.03. The molecule has 1 amide bonds. The maximum atomic E-state index is 14.0. The Hall–Kier alpha value is -2.77. The van der Waals surface area contributed by atoms with Crippen LogP contribution >= 0.6 is 0 Å². The smallest absolute Gasteiger partial charge is 0.259 e. The monoisotopic (exact) mass is 415 g/mol. The summed E-state index contributed by atoms with van der Waals surface area (Å²) in [5.41, 5.74) is 0.396. The molecule has 1 aliphatic heterocycles. The molecule has 2 aliphatic rings. The van der Waals surface area contributed by atoms with Gasteiger partial charge in [0.05, 0.1) is 0 Å². The zero-order valence-electron chi connectivity index (χ0n) is 17.2. The quantitative estimate of drug-likeness (QED) is 0.824. The van der Waals surface area contributed by atoms with E-state index in [4.69, 9.17) is 0 Å². The van der Waals surface area contributed by atoms with Crippen molar-refractivity contribution in [2.24, 2.45) is 0 Å². The van der Waals surface area contributed by atoms with Crippen LogP contribution in [0, 0.1) is 18.6 Å². The minimum atomic E-state index is -0.827. The van der Waals surface area contributed by atoms with Gasteiger partial charge in [-0.2, -0.15) is 4.98 Å². The molecule has 2 fully saturated rings. The SMILES string of the molecule is Cc1cc(N2CCN(C(=O)c3c(F)cccc3F)CC2)nc(NC2CCCCC2)n1. The molecular formula is C22H27F2N5O. The number of carbonyl (C=O) groups is 1. The molecule has 2 heterocycles. The fourth-order valence-corrected chi connectivity index (χ4v) is 4.21. The minimum Gasteiger partial charge on any atom is -0.353 e. The fourth-order valence-electron chi connectivity index (χ4n) is 4.21. The number of nitrogens with zero attached hydrogens (tertiary/aromatic N) is 4. The topological polar surface area (TPSA) is 61.4 Å². The van der Waals surface area contributed by atoms with Gasteiger partial charge in [0, 0.05) is 44.0 Å². The Morgan fingerprint density at radius 1 is 1.03 bits per heavy atom. The van der Waals surface area contributed by atoms with Crippen molar-refractivity contribution >= 4 is 17.7 Å². The number of halogens is 2. The highest BCUT2D eigenvalue weighted by Gasteiger charge is 2.27. The molecule has 4 rings (SSSR count). The lowest BCUT2D eigenvalue weighted by Gasteiger charge is -2.35. The maximum absolute atomic E-state index is 14.0. The summed E-state index contributed by atoms with van der Waals surface area (Å²) >= 11 is 0. The number of carbonyl (C=O) groups excluding carboxylic acids is 1. The molecule has 0 bridgehead atoms. The van der Waals surface area contributed by atoms with Gasteiger partial charge in [0.1, 0.15) is 23.0 Å². The van der Waals surface area contributed by atoms with Crippen LogP contribution in [0.4, 0.5) is 20.5 Å². The van der Waals surface area contributed by atoms with Gasteiger partial charge in [0.2, 0.25) is 5.95 Å². The lowest BCUT2D eigenvalue weighted by Crippen LogP contribution is -2.49. The molecule has 6 nitrogen and oxygen atoms in total. The van der Waals surface area contributed by atoms with Gasteiger partial charge >= 0.3 is 0 Å². The van der Waals surface area contributed by atoms with E-state index in [9.17, 15) is 13.6 Å². The van der Waals surface area contributed by atoms with Crippen molar-refractivity contribution in [1.82, 2.24) is 14.9 Å². The van der Waals surface area contributed by atoms with Gasteiger partial charge in [-0.1, -0.05) is 25.3 Å². The van der Waals surface area contributed by atoms with E-state index in [1.807, 2.05) is 13.0 Å². The van der Waals surface area contributed by atoms with Crippen molar-refractivity contribution in [2.75, 3.05) is 36.4 Å². The van der Waals surface area contributed by atoms with Crippen LogP contribution in [0.5, 0.6) is 0 Å². The first-order valence-corrected chi connectivity index (χ1v) is 10.6. The first-order valence-electron chi connectivity index (χ1n) is 10.6. The normalized spacial score (nSPS) is 17.8. The van der Waals surface area contributed by atoms with Crippen molar-refractivity contribution in [1.29, 1.82) is 0 Å². The Morgan fingerprint density at radius 2 is 1.70 bits per heavy atom. The summed E-state index contributed by atoms with van der Waals surface area (Å²) in [6.45, 7) is 3.78. The second-order valence-electron chi connectivity index (χ2n) is 8.05. The minimum absolute atomic E-state index is 0.376. The highest BCUT2D eigenvalue weighted by Crippen LogP contribution is 2.23. The third-order valence-corrected chi connectivity index (χ3v) is 5.85. The Labute approximate surface area is 175 Å². The average molecular weight is 415 g/mol. The van der Waals surface area contributed by atoms with Gasteiger partial charge in [0.25, 0.3) is 5.91 Å². The van der Waals surface area contributed by atoms with E-state index in [2.05, 4.69) is 20.2 Å². The van der Waals surface area contributed by atoms with Crippen LogP contribution in [0.3, 0.4) is 0 Å². The fraction of sp³-hybridized carbons (Fsp3) is 0.500. The Bertz CT molecular complexity index is 888. The third kappa shape index (κ3) is 4.52. The summed E-state index contributed by atoms with van der Waals surface area (Å²) in [6, 6.07) is 5.82. The van der Waals surface area contributed by atoms with Gasteiger partial charge in [-0.3, -0.25) is 4.79 Å². The molecule has 1 aromatic heterocycles. The molecular weight excluding hydrogens is 388 g/mol. The van der Waals surface area contributed by atoms with Crippen LogP contribution in [0.1, 0.15) is 48.2 Å². The van der Waals surface area contributed by atoms with Crippen molar-refractivity contribution in [2.45, 2.75) is 45.1 Å². The van der Waals surface area contributed by atoms with E-state index in [1.54, 1.807) is 0 Å². The van der Waals surface area contributed by atoms with E-state index in [-0.39, 0.29) is 0 Å². The lowest BCUT2D eigenvalue weighted by molar-refractivity contribution is 0.0736. The molecule has 8 heteroatoms. The zero-order chi connectivity index (χ0) is 21.1. The van der Waals surface area contributed by atoms with Crippen LogP contribution in [-0.2, 0) is 0 Å². The molecule has 1 aliphatic carbocycles. The van der Waals surface area contributed by atoms with Gasteiger partial charge in [-0.05, 0) is 31.9 Å². The first-order chi connectivity index (χ1) is 14.5. The Balaban J connectivity index is 1.42. The van der Waals surface area contributed by atoms with Gasteiger partial charge in [0.15, 0.2) is 0 Å². The Kier molecular flexibility index (Phi) is 6.11. The number of nitrogens with one attached hydrogen (secondary N) is 1. The number of hydrogen-bond acceptors (Lipinski definition) is 5. The van der Waals surface area contributed by atoms with Crippen LogP contribution in [-0.4, -0.2) is 53.0 Å².